The largest absolute Gasteiger partial charge is 0.416 e. The van der Waals surface area contributed by atoms with Crippen LogP contribution in [0.25, 0.3) is 10.1 Å². The van der Waals surface area contributed by atoms with E-state index in [1.54, 1.807) is 17.4 Å². The topological polar surface area (TPSA) is 12.0 Å². The molecule has 1 aliphatic rings. The van der Waals surface area contributed by atoms with Crippen molar-refractivity contribution in [1.82, 2.24) is 5.32 Å². The second-order valence-corrected chi connectivity index (χ2v) is 5.60. The second-order valence-electron chi connectivity index (χ2n) is 4.46. The van der Waals surface area contributed by atoms with Crippen molar-refractivity contribution in [2.24, 2.45) is 0 Å². The monoisotopic (exact) mass is 271 g/mol. The number of fused-ring (bicyclic) bond motifs is 3. The number of hydrogen-bond acceptors (Lipinski definition) is 2. The lowest BCUT2D eigenvalue weighted by Gasteiger charge is -2.07. The fraction of sp³-hybridized carbons (Fsp3) is 0.385. The van der Waals surface area contributed by atoms with Gasteiger partial charge < -0.3 is 5.32 Å². The van der Waals surface area contributed by atoms with Crippen LogP contribution >= 0.6 is 11.3 Å². The van der Waals surface area contributed by atoms with Gasteiger partial charge in [0.05, 0.1) is 5.56 Å². The minimum Gasteiger partial charge on any atom is -0.316 e. The normalized spacial score (nSPS) is 16.6. The number of rotatable bonds is 0. The Labute approximate surface area is 107 Å². The highest BCUT2D eigenvalue weighted by Crippen LogP contribution is 2.37. The Morgan fingerprint density at radius 3 is 2.67 bits per heavy atom. The maximum atomic E-state index is 12.7. The van der Waals surface area contributed by atoms with Crippen molar-refractivity contribution >= 4 is 21.4 Å². The quantitative estimate of drug-likeness (QED) is 0.772. The Hall–Kier alpha value is -1.07. The summed E-state index contributed by atoms with van der Waals surface area (Å²) in [6.45, 7) is 1.75. The molecular weight excluding hydrogens is 259 g/mol. The molecule has 1 aromatic carbocycles. The predicted molar refractivity (Wildman–Crippen MR) is 67.1 cm³/mol. The first-order chi connectivity index (χ1) is 8.55. The zero-order valence-corrected chi connectivity index (χ0v) is 10.4. The number of nitrogens with one attached hydrogen (secondary N) is 1. The summed E-state index contributed by atoms with van der Waals surface area (Å²) in [4.78, 5) is 1.23. The van der Waals surface area contributed by atoms with E-state index >= 15 is 0 Å². The van der Waals surface area contributed by atoms with Crippen LogP contribution in [0.2, 0.25) is 0 Å². The van der Waals surface area contributed by atoms with E-state index in [1.165, 1.54) is 17.0 Å². The fourth-order valence-electron chi connectivity index (χ4n) is 2.39. The Kier molecular flexibility index (Phi) is 2.83. The van der Waals surface area contributed by atoms with Crippen molar-refractivity contribution in [1.29, 1.82) is 0 Å². The van der Waals surface area contributed by atoms with Crippen LogP contribution < -0.4 is 5.32 Å². The summed E-state index contributed by atoms with van der Waals surface area (Å²) in [7, 11) is 0. The van der Waals surface area contributed by atoms with Crippen LogP contribution in [0.5, 0.6) is 0 Å². The molecule has 0 radical (unpaired) electrons. The van der Waals surface area contributed by atoms with Crippen LogP contribution in [0.15, 0.2) is 18.2 Å². The van der Waals surface area contributed by atoms with Gasteiger partial charge in [0.25, 0.3) is 0 Å². The molecule has 0 amide bonds. The van der Waals surface area contributed by atoms with E-state index in [0.29, 0.717) is 0 Å². The molecule has 0 aliphatic carbocycles. The lowest BCUT2D eigenvalue weighted by atomic mass is 10.0. The van der Waals surface area contributed by atoms with E-state index in [0.717, 1.165) is 41.6 Å². The van der Waals surface area contributed by atoms with Crippen LogP contribution in [0.4, 0.5) is 13.2 Å². The molecule has 1 N–H and O–H groups in total. The van der Waals surface area contributed by atoms with Crippen LogP contribution in [0.3, 0.4) is 0 Å². The zero-order chi connectivity index (χ0) is 12.8. The molecule has 0 fully saturated rings. The molecule has 1 nitrogen and oxygen atoms in total. The van der Waals surface area contributed by atoms with Crippen LogP contribution in [0, 0.1) is 0 Å². The first-order valence-electron chi connectivity index (χ1n) is 5.88. The van der Waals surface area contributed by atoms with Gasteiger partial charge in [-0.2, -0.15) is 13.2 Å². The smallest absolute Gasteiger partial charge is 0.316 e. The standard InChI is InChI=1S/C13H12F3NS/c14-13(15,16)8-1-2-11-10(7-8)9-3-5-17-6-4-12(9)18-11/h1-2,7,17H,3-6H2. The second kappa shape index (κ2) is 4.24. The molecule has 2 aromatic rings. The third kappa shape index (κ3) is 2.01. The van der Waals surface area contributed by atoms with E-state index in [4.69, 9.17) is 0 Å². The molecule has 0 bridgehead atoms. The average molecular weight is 271 g/mol. The van der Waals surface area contributed by atoms with Crippen LogP contribution in [0.1, 0.15) is 16.0 Å². The number of halogens is 3. The Morgan fingerprint density at radius 1 is 1.11 bits per heavy atom. The molecule has 1 aromatic heterocycles. The molecule has 2 heterocycles. The molecule has 18 heavy (non-hydrogen) atoms. The lowest BCUT2D eigenvalue weighted by Crippen LogP contribution is -2.16. The van der Waals surface area contributed by atoms with Gasteiger partial charge in [0, 0.05) is 9.58 Å². The summed E-state index contributed by atoms with van der Waals surface area (Å²) < 4.78 is 39.1. The predicted octanol–water partition coefficient (Wildman–Crippen LogP) is 3.61. The first kappa shape index (κ1) is 12.0. The van der Waals surface area contributed by atoms with Gasteiger partial charge in [-0.1, -0.05) is 0 Å². The van der Waals surface area contributed by atoms with E-state index in [1.807, 2.05) is 0 Å². The molecule has 5 heteroatoms. The minimum absolute atomic E-state index is 0.548. The van der Waals surface area contributed by atoms with E-state index < -0.39 is 11.7 Å². The SMILES string of the molecule is FC(F)(F)c1ccc2sc3c(c2c1)CCNCC3. The van der Waals surface area contributed by atoms with Gasteiger partial charge in [0.15, 0.2) is 0 Å². The first-order valence-corrected chi connectivity index (χ1v) is 6.69. The maximum Gasteiger partial charge on any atom is 0.416 e. The third-order valence-corrected chi connectivity index (χ3v) is 4.56. The highest BCUT2D eigenvalue weighted by molar-refractivity contribution is 7.19. The van der Waals surface area contributed by atoms with Crippen molar-refractivity contribution in [2.45, 2.75) is 19.0 Å². The summed E-state index contributed by atoms with van der Waals surface area (Å²) in [5.74, 6) is 0. The molecule has 0 saturated carbocycles. The summed E-state index contributed by atoms with van der Waals surface area (Å²) >= 11 is 1.63. The number of alkyl halides is 3. The van der Waals surface area contributed by atoms with Gasteiger partial charge in [0.1, 0.15) is 0 Å². The Bertz CT molecular complexity index is 586. The summed E-state index contributed by atoms with van der Waals surface area (Å²) in [6.07, 6.45) is -2.53. The van der Waals surface area contributed by atoms with Gasteiger partial charge in [-0.25, -0.2) is 0 Å². The summed E-state index contributed by atoms with van der Waals surface area (Å²) in [5.41, 5.74) is 0.555. The van der Waals surface area contributed by atoms with Gasteiger partial charge in [-0.05, 0) is 55.1 Å². The fourth-order valence-corrected chi connectivity index (χ4v) is 3.62. The molecule has 0 atom stereocenters. The molecular formula is C13H12F3NS. The van der Waals surface area contributed by atoms with Crippen molar-refractivity contribution in [3.63, 3.8) is 0 Å². The number of hydrogen-bond donors (Lipinski definition) is 1. The maximum absolute atomic E-state index is 12.7. The van der Waals surface area contributed by atoms with Gasteiger partial charge in [0.2, 0.25) is 0 Å². The molecule has 0 spiro atoms. The lowest BCUT2D eigenvalue weighted by molar-refractivity contribution is -0.137. The minimum atomic E-state index is -4.26. The number of benzene rings is 1. The zero-order valence-electron chi connectivity index (χ0n) is 9.60. The van der Waals surface area contributed by atoms with E-state index in [-0.39, 0.29) is 0 Å². The summed E-state index contributed by atoms with van der Waals surface area (Å²) in [6, 6.07) is 4.08. The molecule has 0 saturated heterocycles. The Morgan fingerprint density at radius 2 is 1.89 bits per heavy atom. The highest BCUT2D eigenvalue weighted by atomic mass is 32.1. The van der Waals surface area contributed by atoms with Gasteiger partial charge in [-0.3, -0.25) is 0 Å². The van der Waals surface area contributed by atoms with Crippen LogP contribution in [-0.4, -0.2) is 13.1 Å². The molecule has 1 aliphatic heterocycles. The van der Waals surface area contributed by atoms with Crippen LogP contribution in [-0.2, 0) is 19.0 Å². The van der Waals surface area contributed by atoms with Gasteiger partial charge >= 0.3 is 6.18 Å². The van der Waals surface area contributed by atoms with E-state index in [9.17, 15) is 13.2 Å². The highest BCUT2D eigenvalue weighted by Gasteiger charge is 2.31. The number of thiophene rings is 1. The summed E-state index contributed by atoms with van der Waals surface area (Å²) in [5, 5.41) is 4.06. The average Bonchev–Trinajstić information content (AvgIpc) is 2.50. The Balaban J connectivity index is 2.17. The molecule has 0 unspecified atom stereocenters. The van der Waals surface area contributed by atoms with Crippen molar-refractivity contribution in [2.75, 3.05) is 13.1 Å². The van der Waals surface area contributed by atoms with Gasteiger partial charge in [-0.15, -0.1) is 11.3 Å². The van der Waals surface area contributed by atoms with E-state index in [2.05, 4.69) is 5.32 Å². The molecule has 3 rings (SSSR count). The van der Waals surface area contributed by atoms with Crippen molar-refractivity contribution < 1.29 is 13.2 Å². The van der Waals surface area contributed by atoms with Crippen molar-refractivity contribution in [3.05, 3.63) is 34.2 Å². The molecule has 96 valence electrons. The van der Waals surface area contributed by atoms with Crippen molar-refractivity contribution in [3.8, 4) is 0 Å². The third-order valence-electron chi connectivity index (χ3n) is 3.28.